The SMILES string of the molecule is COc1ccc(OC)c(NC(=O)C(C)OC(=O)Cc2csc(-c3cccs3)n2)c1. The minimum absolute atomic E-state index is 0.00196. The third-order valence-corrected chi connectivity index (χ3v) is 5.88. The van der Waals surface area contributed by atoms with E-state index in [1.807, 2.05) is 22.9 Å². The smallest absolute Gasteiger partial charge is 0.312 e. The maximum Gasteiger partial charge on any atom is 0.312 e. The topological polar surface area (TPSA) is 86.8 Å². The molecule has 1 atom stereocenters. The number of rotatable bonds is 8. The highest BCUT2D eigenvalue weighted by molar-refractivity contribution is 7.20. The van der Waals surface area contributed by atoms with Crippen LogP contribution in [0.3, 0.4) is 0 Å². The molecule has 0 saturated heterocycles. The van der Waals surface area contributed by atoms with E-state index in [-0.39, 0.29) is 6.42 Å². The van der Waals surface area contributed by atoms with Crippen molar-refractivity contribution in [2.24, 2.45) is 0 Å². The number of methoxy groups -OCH3 is 2. The predicted octanol–water partition coefficient (Wildman–Crippen LogP) is 4.00. The number of carbonyl (C=O) groups is 2. The molecule has 0 spiro atoms. The number of nitrogens with one attached hydrogen (secondary N) is 1. The first-order valence-electron chi connectivity index (χ1n) is 8.70. The van der Waals surface area contributed by atoms with E-state index in [0.717, 1.165) is 9.88 Å². The van der Waals surface area contributed by atoms with Gasteiger partial charge in [-0.25, -0.2) is 4.98 Å². The molecule has 3 rings (SSSR count). The number of amides is 1. The summed E-state index contributed by atoms with van der Waals surface area (Å²) in [5.74, 6) is 0.0489. The zero-order valence-corrected chi connectivity index (χ0v) is 17.8. The Hall–Kier alpha value is -2.91. The number of hydrogen-bond donors (Lipinski definition) is 1. The van der Waals surface area contributed by atoms with Gasteiger partial charge in [0.05, 0.1) is 36.9 Å². The van der Waals surface area contributed by atoms with Crippen molar-refractivity contribution < 1.29 is 23.8 Å². The van der Waals surface area contributed by atoms with Gasteiger partial charge in [0.2, 0.25) is 0 Å². The van der Waals surface area contributed by atoms with E-state index in [0.29, 0.717) is 22.9 Å². The van der Waals surface area contributed by atoms with E-state index in [2.05, 4.69) is 10.3 Å². The van der Waals surface area contributed by atoms with Crippen molar-refractivity contribution in [2.45, 2.75) is 19.4 Å². The van der Waals surface area contributed by atoms with E-state index < -0.39 is 18.0 Å². The van der Waals surface area contributed by atoms with Crippen molar-refractivity contribution in [3.63, 3.8) is 0 Å². The Morgan fingerprint density at radius 3 is 2.69 bits per heavy atom. The molecule has 1 aromatic carbocycles. The normalized spacial score (nSPS) is 11.6. The second-order valence-electron chi connectivity index (χ2n) is 5.99. The summed E-state index contributed by atoms with van der Waals surface area (Å²) in [5, 5.41) is 7.35. The molecule has 1 amide bonds. The molecule has 152 valence electrons. The van der Waals surface area contributed by atoms with Crippen molar-refractivity contribution >= 4 is 40.2 Å². The van der Waals surface area contributed by atoms with Gasteiger partial charge in [0.1, 0.15) is 16.5 Å². The Kier molecular flexibility index (Phi) is 6.84. The Morgan fingerprint density at radius 2 is 2.00 bits per heavy atom. The van der Waals surface area contributed by atoms with Crippen LogP contribution in [0.2, 0.25) is 0 Å². The molecule has 0 radical (unpaired) electrons. The highest BCUT2D eigenvalue weighted by Gasteiger charge is 2.20. The molecule has 0 bridgehead atoms. The van der Waals surface area contributed by atoms with Gasteiger partial charge >= 0.3 is 5.97 Å². The second-order valence-corrected chi connectivity index (χ2v) is 7.79. The lowest BCUT2D eigenvalue weighted by Gasteiger charge is -2.15. The molecule has 29 heavy (non-hydrogen) atoms. The second kappa shape index (κ2) is 9.53. The fraction of sp³-hybridized carbons (Fsp3) is 0.250. The van der Waals surface area contributed by atoms with Gasteiger partial charge in [0.25, 0.3) is 5.91 Å². The van der Waals surface area contributed by atoms with Crippen molar-refractivity contribution in [3.8, 4) is 21.4 Å². The molecular weight excluding hydrogens is 412 g/mol. The van der Waals surface area contributed by atoms with Crippen LogP contribution >= 0.6 is 22.7 Å². The minimum atomic E-state index is -0.978. The third-order valence-electron chi connectivity index (χ3n) is 3.95. The van der Waals surface area contributed by atoms with Crippen molar-refractivity contribution in [3.05, 3.63) is 46.8 Å². The largest absolute Gasteiger partial charge is 0.497 e. The van der Waals surface area contributed by atoms with Gasteiger partial charge in [-0.1, -0.05) is 6.07 Å². The summed E-state index contributed by atoms with van der Waals surface area (Å²) in [4.78, 5) is 30.2. The lowest BCUT2D eigenvalue weighted by molar-refractivity contribution is -0.152. The number of anilines is 1. The minimum Gasteiger partial charge on any atom is -0.497 e. The third kappa shape index (κ3) is 5.33. The van der Waals surface area contributed by atoms with Crippen LogP contribution in [0.15, 0.2) is 41.1 Å². The molecule has 9 heteroatoms. The molecule has 1 N–H and O–H groups in total. The van der Waals surface area contributed by atoms with Crippen molar-refractivity contribution in [2.75, 3.05) is 19.5 Å². The number of ether oxygens (including phenoxy) is 3. The van der Waals surface area contributed by atoms with Crippen LogP contribution in [0.5, 0.6) is 11.5 Å². The van der Waals surface area contributed by atoms with E-state index in [1.165, 1.54) is 32.5 Å². The number of carbonyl (C=O) groups excluding carboxylic acids is 2. The summed E-state index contributed by atoms with van der Waals surface area (Å²) in [5.41, 5.74) is 1.05. The number of benzene rings is 1. The lowest BCUT2D eigenvalue weighted by atomic mass is 10.2. The molecule has 3 aromatic rings. The first-order chi connectivity index (χ1) is 14.0. The molecular formula is C20H20N2O5S2. The molecule has 2 heterocycles. The summed E-state index contributed by atoms with van der Waals surface area (Å²) in [7, 11) is 3.03. The highest BCUT2D eigenvalue weighted by atomic mass is 32.1. The number of esters is 1. The molecule has 0 fully saturated rings. The van der Waals surface area contributed by atoms with Crippen LogP contribution in [0.25, 0.3) is 9.88 Å². The summed E-state index contributed by atoms with van der Waals surface area (Å²) >= 11 is 3.06. The maximum atomic E-state index is 12.4. The Labute approximate surface area is 176 Å². The van der Waals surface area contributed by atoms with E-state index >= 15 is 0 Å². The molecule has 7 nitrogen and oxygen atoms in total. The lowest BCUT2D eigenvalue weighted by Crippen LogP contribution is -2.30. The quantitative estimate of drug-likeness (QED) is 0.542. The van der Waals surface area contributed by atoms with Crippen LogP contribution in [0.1, 0.15) is 12.6 Å². The summed E-state index contributed by atoms with van der Waals surface area (Å²) in [6, 6.07) is 8.96. The number of thiophene rings is 1. The monoisotopic (exact) mass is 432 g/mol. The molecule has 0 aliphatic carbocycles. The van der Waals surface area contributed by atoms with Gasteiger partial charge in [-0.05, 0) is 30.5 Å². The zero-order valence-electron chi connectivity index (χ0n) is 16.1. The van der Waals surface area contributed by atoms with E-state index in [4.69, 9.17) is 14.2 Å². The van der Waals surface area contributed by atoms with E-state index in [9.17, 15) is 9.59 Å². The van der Waals surface area contributed by atoms with Crippen LogP contribution < -0.4 is 14.8 Å². The fourth-order valence-electron chi connectivity index (χ4n) is 2.49. The number of thiazole rings is 1. The summed E-state index contributed by atoms with van der Waals surface area (Å²) < 4.78 is 15.7. The maximum absolute atomic E-state index is 12.4. The average molecular weight is 433 g/mol. The van der Waals surface area contributed by atoms with Gasteiger partial charge < -0.3 is 19.5 Å². The molecule has 1 unspecified atom stereocenters. The summed E-state index contributed by atoms with van der Waals surface area (Å²) in [6.07, 6.45) is -0.976. The van der Waals surface area contributed by atoms with Crippen LogP contribution in [-0.2, 0) is 20.7 Å². The zero-order chi connectivity index (χ0) is 20.8. The Morgan fingerprint density at radius 1 is 1.17 bits per heavy atom. The van der Waals surface area contributed by atoms with Crippen molar-refractivity contribution in [1.82, 2.24) is 4.98 Å². The average Bonchev–Trinajstić information content (AvgIpc) is 3.39. The molecule has 0 aliphatic rings. The van der Waals surface area contributed by atoms with Crippen LogP contribution in [0, 0.1) is 0 Å². The summed E-state index contributed by atoms with van der Waals surface area (Å²) in [6.45, 7) is 1.51. The van der Waals surface area contributed by atoms with Crippen molar-refractivity contribution in [1.29, 1.82) is 0 Å². The molecule has 0 aliphatic heterocycles. The first-order valence-corrected chi connectivity index (χ1v) is 10.5. The fourth-order valence-corrected chi connectivity index (χ4v) is 4.12. The Bertz CT molecular complexity index is 985. The standard InChI is InChI=1S/C20H20N2O5S2/c1-12(19(24)22-15-10-14(25-2)6-7-16(15)26-3)27-18(23)9-13-11-29-20(21-13)17-5-4-8-28-17/h4-8,10-12H,9H2,1-3H3,(H,22,24). The first kappa shape index (κ1) is 20.8. The van der Waals surface area contributed by atoms with Gasteiger partial charge in [-0.15, -0.1) is 22.7 Å². The van der Waals surface area contributed by atoms with Crippen LogP contribution in [-0.4, -0.2) is 37.2 Å². The number of aromatic nitrogens is 1. The number of nitrogens with zero attached hydrogens (tertiary/aromatic N) is 1. The highest BCUT2D eigenvalue weighted by Crippen LogP contribution is 2.29. The molecule has 0 saturated carbocycles. The predicted molar refractivity (Wildman–Crippen MR) is 113 cm³/mol. The van der Waals surface area contributed by atoms with Gasteiger partial charge in [-0.3, -0.25) is 9.59 Å². The van der Waals surface area contributed by atoms with Gasteiger partial charge in [0.15, 0.2) is 6.10 Å². The Balaban J connectivity index is 1.57. The molecule has 2 aromatic heterocycles. The van der Waals surface area contributed by atoms with Gasteiger partial charge in [-0.2, -0.15) is 0 Å². The van der Waals surface area contributed by atoms with Gasteiger partial charge in [0, 0.05) is 11.4 Å². The number of hydrogen-bond acceptors (Lipinski definition) is 8. The van der Waals surface area contributed by atoms with Crippen LogP contribution in [0.4, 0.5) is 5.69 Å². The van der Waals surface area contributed by atoms with E-state index in [1.54, 1.807) is 29.5 Å².